The Balaban J connectivity index is 2.04. The van der Waals surface area contributed by atoms with Crippen LogP contribution in [0.3, 0.4) is 0 Å². The lowest BCUT2D eigenvalue weighted by Gasteiger charge is -2.09. The number of hydrogen-bond donors (Lipinski definition) is 0. The Labute approximate surface area is 149 Å². The molecule has 1 aromatic carbocycles. The first-order valence-corrected chi connectivity index (χ1v) is 7.81. The Bertz CT molecular complexity index is 879. The maximum absolute atomic E-state index is 11.7. The van der Waals surface area contributed by atoms with Crippen LogP contribution in [0.1, 0.15) is 12.0 Å². The molecule has 0 atom stereocenters. The van der Waals surface area contributed by atoms with Gasteiger partial charge < -0.3 is 18.6 Å². The number of carbonyl (C=O) groups is 2. The fourth-order valence-electron chi connectivity index (χ4n) is 2.11. The van der Waals surface area contributed by atoms with E-state index in [1.807, 2.05) is 0 Å². The van der Waals surface area contributed by atoms with Gasteiger partial charge in [-0.1, -0.05) is 13.2 Å². The van der Waals surface area contributed by atoms with E-state index >= 15 is 0 Å². The molecule has 0 amide bonds. The van der Waals surface area contributed by atoms with Crippen LogP contribution in [0, 0.1) is 0 Å². The van der Waals surface area contributed by atoms with E-state index in [1.54, 1.807) is 18.2 Å². The maximum atomic E-state index is 11.7. The SMILES string of the molecule is C=CC(=O)OCCCOc1ccc2c(COC(=O)C=C)cc(=O)oc2c1. The van der Waals surface area contributed by atoms with Gasteiger partial charge in [-0.15, -0.1) is 0 Å². The predicted octanol–water partition coefficient (Wildman–Crippen LogP) is 2.52. The van der Waals surface area contributed by atoms with Crippen molar-refractivity contribution in [3.63, 3.8) is 0 Å². The van der Waals surface area contributed by atoms with Crippen molar-refractivity contribution in [1.29, 1.82) is 0 Å². The van der Waals surface area contributed by atoms with Gasteiger partial charge in [0.2, 0.25) is 0 Å². The van der Waals surface area contributed by atoms with Crippen molar-refractivity contribution in [2.24, 2.45) is 0 Å². The van der Waals surface area contributed by atoms with Crippen LogP contribution in [0.4, 0.5) is 0 Å². The van der Waals surface area contributed by atoms with E-state index in [1.165, 1.54) is 6.07 Å². The molecule has 0 spiro atoms. The van der Waals surface area contributed by atoms with Gasteiger partial charge in [-0.2, -0.15) is 0 Å². The molecule has 2 rings (SSSR count). The molecule has 0 saturated heterocycles. The fraction of sp³-hybridized carbons (Fsp3) is 0.211. The zero-order valence-electron chi connectivity index (χ0n) is 14.1. The van der Waals surface area contributed by atoms with E-state index in [0.29, 0.717) is 35.3 Å². The maximum Gasteiger partial charge on any atom is 0.336 e. The smallest absolute Gasteiger partial charge is 0.336 e. The number of rotatable bonds is 9. The Morgan fingerprint density at radius 1 is 1.04 bits per heavy atom. The number of benzene rings is 1. The van der Waals surface area contributed by atoms with E-state index in [9.17, 15) is 14.4 Å². The molecule has 0 bridgehead atoms. The molecule has 26 heavy (non-hydrogen) atoms. The molecular weight excluding hydrogens is 340 g/mol. The molecule has 0 unspecified atom stereocenters. The summed E-state index contributed by atoms with van der Waals surface area (Å²) in [6.45, 7) is 7.08. The third-order valence-corrected chi connectivity index (χ3v) is 3.31. The molecule has 1 heterocycles. The normalized spacial score (nSPS) is 10.2. The minimum absolute atomic E-state index is 0.0676. The second-order valence-electron chi connectivity index (χ2n) is 5.13. The second kappa shape index (κ2) is 9.22. The largest absolute Gasteiger partial charge is 0.493 e. The van der Waals surface area contributed by atoms with Crippen LogP contribution in [0.2, 0.25) is 0 Å². The zero-order valence-corrected chi connectivity index (χ0v) is 14.1. The van der Waals surface area contributed by atoms with Crippen LogP contribution in [-0.2, 0) is 25.7 Å². The number of carbonyl (C=O) groups excluding carboxylic acids is 2. The van der Waals surface area contributed by atoms with Crippen molar-refractivity contribution >= 4 is 22.9 Å². The van der Waals surface area contributed by atoms with Gasteiger partial charge in [-0.05, 0) is 12.1 Å². The molecule has 0 aliphatic heterocycles. The first kappa shape index (κ1) is 19.0. The number of ether oxygens (including phenoxy) is 3. The van der Waals surface area contributed by atoms with Gasteiger partial charge in [0.15, 0.2) is 0 Å². The minimum atomic E-state index is -0.580. The summed E-state index contributed by atoms with van der Waals surface area (Å²) >= 11 is 0. The average molecular weight is 358 g/mol. The summed E-state index contributed by atoms with van der Waals surface area (Å²) < 4.78 is 20.5. The second-order valence-corrected chi connectivity index (χ2v) is 5.13. The van der Waals surface area contributed by atoms with Crippen molar-refractivity contribution in [3.05, 3.63) is 65.6 Å². The summed E-state index contributed by atoms with van der Waals surface area (Å²) in [5, 5.41) is 0.633. The summed E-state index contributed by atoms with van der Waals surface area (Å²) in [6.07, 6.45) is 2.64. The molecule has 136 valence electrons. The van der Waals surface area contributed by atoms with Crippen molar-refractivity contribution in [2.75, 3.05) is 13.2 Å². The standard InChI is InChI=1S/C19H18O7/c1-3-17(20)24-9-5-8-23-14-6-7-15-13(12-25-18(21)4-2)10-19(22)26-16(15)11-14/h3-4,6-7,10-11H,1-2,5,8-9,12H2. The Morgan fingerprint density at radius 2 is 1.77 bits per heavy atom. The molecule has 0 aliphatic carbocycles. The van der Waals surface area contributed by atoms with Gasteiger partial charge >= 0.3 is 17.6 Å². The van der Waals surface area contributed by atoms with Crippen LogP contribution in [-0.4, -0.2) is 25.2 Å². The molecule has 0 fully saturated rings. The molecular formula is C19H18O7. The third kappa shape index (κ3) is 5.34. The van der Waals surface area contributed by atoms with Gasteiger partial charge in [0, 0.05) is 41.7 Å². The quantitative estimate of drug-likeness (QED) is 0.294. The van der Waals surface area contributed by atoms with Crippen LogP contribution in [0.5, 0.6) is 5.75 Å². The molecule has 0 saturated carbocycles. The summed E-state index contributed by atoms with van der Waals surface area (Å²) in [7, 11) is 0. The fourth-order valence-corrected chi connectivity index (χ4v) is 2.11. The first-order valence-electron chi connectivity index (χ1n) is 7.81. The Kier molecular flexibility index (Phi) is 6.73. The van der Waals surface area contributed by atoms with Crippen molar-refractivity contribution in [3.8, 4) is 5.75 Å². The van der Waals surface area contributed by atoms with E-state index < -0.39 is 17.6 Å². The number of fused-ring (bicyclic) bond motifs is 1. The molecule has 0 radical (unpaired) electrons. The van der Waals surface area contributed by atoms with Crippen LogP contribution >= 0.6 is 0 Å². The van der Waals surface area contributed by atoms with Gasteiger partial charge in [0.05, 0.1) is 13.2 Å². The van der Waals surface area contributed by atoms with E-state index in [0.717, 1.165) is 12.2 Å². The lowest BCUT2D eigenvalue weighted by atomic mass is 10.1. The van der Waals surface area contributed by atoms with Crippen molar-refractivity contribution in [1.82, 2.24) is 0 Å². The van der Waals surface area contributed by atoms with Crippen LogP contribution in [0.15, 0.2) is 58.8 Å². The van der Waals surface area contributed by atoms with Crippen LogP contribution in [0.25, 0.3) is 11.0 Å². The molecule has 2 aromatic rings. The summed E-state index contributed by atoms with van der Waals surface area (Å²) in [5.41, 5.74) is 0.280. The molecule has 0 N–H and O–H groups in total. The summed E-state index contributed by atoms with van der Waals surface area (Å²) in [6, 6.07) is 6.26. The van der Waals surface area contributed by atoms with Gasteiger partial charge in [-0.25, -0.2) is 14.4 Å². The van der Waals surface area contributed by atoms with Gasteiger partial charge in [0.25, 0.3) is 0 Å². The molecule has 0 aliphatic rings. The lowest BCUT2D eigenvalue weighted by Crippen LogP contribution is -2.07. The highest BCUT2D eigenvalue weighted by Gasteiger charge is 2.09. The summed E-state index contributed by atoms with van der Waals surface area (Å²) in [4.78, 5) is 33.8. The Hall–Kier alpha value is -3.35. The summed E-state index contributed by atoms with van der Waals surface area (Å²) in [5.74, 6) is -0.568. The molecule has 1 aromatic heterocycles. The molecule has 7 nitrogen and oxygen atoms in total. The zero-order chi connectivity index (χ0) is 18.9. The predicted molar refractivity (Wildman–Crippen MR) is 93.7 cm³/mol. The Morgan fingerprint density at radius 3 is 2.50 bits per heavy atom. The van der Waals surface area contributed by atoms with Crippen molar-refractivity contribution in [2.45, 2.75) is 13.0 Å². The highest BCUT2D eigenvalue weighted by molar-refractivity contribution is 5.83. The number of hydrogen-bond acceptors (Lipinski definition) is 7. The van der Waals surface area contributed by atoms with E-state index in [4.69, 9.17) is 18.6 Å². The lowest BCUT2D eigenvalue weighted by molar-refractivity contribution is -0.139. The average Bonchev–Trinajstić information content (AvgIpc) is 2.64. The monoisotopic (exact) mass is 358 g/mol. The highest BCUT2D eigenvalue weighted by Crippen LogP contribution is 2.23. The highest BCUT2D eigenvalue weighted by atomic mass is 16.5. The minimum Gasteiger partial charge on any atom is -0.493 e. The third-order valence-electron chi connectivity index (χ3n) is 3.31. The van der Waals surface area contributed by atoms with Crippen molar-refractivity contribution < 1.29 is 28.2 Å². The number of esters is 2. The van der Waals surface area contributed by atoms with E-state index in [-0.39, 0.29) is 13.2 Å². The van der Waals surface area contributed by atoms with Gasteiger partial charge in [-0.3, -0.25) is 0 Å². The first-order chi connectivity index (χ1) is 12.5. The van der Waals surface area contributed by atoms with Gasteiger partial charge in [0.1, 0.15) is 17.9 Å². The molecule has 7 heteroatoms. The topological polar surface area (TPSA) is 92.0 Å². The van der Waals surface area contributed by atoms with E-state index in [2.05, 4.69) is 13.2 Å². The van der Waals surface area contributed by atoms with Crippen LogP contribution < -0.4 is 10.4 Å².